The molecule has 5 heteroatoms. The summed E-state index contributed by atoms with van der Waals surface area (Å²) in [5.74, 6) is -0.210. The van der Waals surface area contributed by atoms with E-state index in [0.29, 0.717) is 6.54 Å². The van der Waals surface area contributed by atoms with Crippen molar-refractivity contribution in [3.8, 4) is 0 Å². The number of hydrogen-bond donors (Lipinski definition) is 1. The monoisotopic (exact) mass is 458 g/mol. The predicted octanol–water partition coefficient (Wildman–Crippen LogP) is 4.94. The number of benzene rings is 2. The van der Waals surface area contributed by atoms with E-state index in [1.165, 1.54) is 0 Å². The standard InChI is InChI=1S/C24H31BrN2O2/c1-16-11-17(2)13-20(12-16)14-22(28)27(15-19-7-9-21(25)10-8-19)18(3)23(29)26-24(4,5)6/h7-13,18H,14-15H2,1-6H3,(H,26,29). The van der Waals surface area contributed by atoms with Crippen molar-refractivity contribution in [1.29, 1.82) is 0 Å². The maximum Gasteiger partial charge on any atom is 0.242 e. The van der Waals surface area contributed by atoms with Gasteiger partial charge in [0.1, 0.15) is 6.04 Å². The SMILES string of the molecule is Cc1cc(C)cc(CC(=O)N(Cc2ccc(Br)cc2)C(C)C(=O)NC(C)(C)C)c1. The van der Waals surface area contributed by atoms with E-state index < -0.39 is 6.04 Å². The molecule has 0 aliphatic carbocycles. The van der Waals surface area contributed by atoms with E-state index in [-0.39, 0.29) is 23.8 Å². The third kappa shape index (κ3) is 7.32. The minimum absolute atomic E-state index is 0.0607. The van der Waals surface area contributed by atoms with Gasteiger partial charge in [-0.15, -0.1) is 0 Å². The Morgan fingerprint density at radius 2 is 1.55 bits per heavy atom. The Labute approximate surface area is 182 Å². The Morgan fingerprint density at radius 3 is 2.07 bits per heavy atom. The van der Waals surface area contributed by atoms with Crippen LogP contribution in [-0.4, -0.2) is 28.3 Å². The fourth-order valence-corrected chi connectivity index (χ4v) is 3.55. The third-order valence-electron chi connectivity index (χ3n) is 4.57. The second-order valence-corrected chi connectivity index (χ2v) is 9.65. The largest absolute Gasteiger partial charge is 0.350 e. The molecule has 0 spiro atoms. The lowest BCUT2D eigenvalue weighted by Crippen LogP contribution is -2.52. The molecule has 1 N–H and O–H groups in total. The zero-order valence-electron chi connectivity index (χ0n) is 18.2. The molecule has 0 bridgehead atoms. The van der Waals surface area contributed by atoms with Gasteiger partial charge in [-0.1, -0.05) is 57.4 Å². The highest BCUT2D eigenvalue weighted by atomic mass is 79.9. The second kappa shape index (κ2) is 9.57. The summed E-state index contributed by atoms with van der Waals surface area (Å²) in [6.45, 7) is 12.0. The number of hydrogen-bond acceptors (Lipinski definition) is 2. The van der Waals surface area contributed by atoms with E-state index in [4.69, 9.17) is 0 Å². The van der Waals surface area contributed by atoms with Gasteiger partial charge in [-0.05, 0) is 64.8 Å². The van der Waals surface area contributed by atoms with Crippen molar-refractivity contribution in [1.82, 2.24) is 10.2 Å². The summed E-state index contributed by atoms with van der Waals surface area (Å²) >= 11 is 3.44. The topological polar surface area (TPSA) is 49.4 Å². The second-order valence-electron chi connectivity index (χ2n) is 8.74. The average Bonchev–Trinajstić information content (AvgIpc) is 2.58. The lowest BCUT2D eigenvalue weighted by molar-refractivity contribution is -0.140. The molecule has 2 aromatic rings. The van der Waals surface area contributed by atoms with E-state index in [0.717, 1.165) is 26.7 Å². The van der Waals surface area contributed by atoms with Crippen LogP contribution in [0.2, 0.25) is 0 Å². The number of rotatable bonds is 6. The Balaban J connectivity index is 2.27. The first-order valence-electron chi connectivity index (χ1n) is 9.88. The maximum absolute atomic E-state index is 13.3. The molecule has 156 valence electrons. The zero-order chi connectivity index (χ0) is 21.8. The Kier molecular flexibility index (Phi) is 7.64. The van der Waals surface area contributed by atoms with Crippen LogP contribution in [0.1, 0.15) is 49.9 Å². The molecule has 2 aromatic carbocycles. The van der Waals surface area contributed by atoms with E-state index in [1.54, 1.807) is 11.8 Å². The molecule has 0 heterocycles. The van der Waals surface area contributed by atoms with Gasteiger partial charge in [-0.3, -0.25) is 9.59 Å². The fourth-order valence-electron chi connectivity index (χ4n) is 3.29. The van der Waals surface area contributed by atoms with Gasteiger partial charge in [0, 0.05) is 16.6 Å². The number of carbonyl (C=O) groups excluding carboxylic acids is 2. The van der Waals surface area contributed by atoms with Crippen LogP contribution in [0, 0.1) is 13.8 Å². The average molecular weight is 459 g/mol. The molecule has 2 amide bonds. The summed E-state index contributed by atoms with van der Waals surface area (Å²) in [5.41, 5.74) is 3.86. The number of nitrogens with zero attached hydrogens (tertiary/aromatic N) is 1. The Hall–Kier alpha value is -2.14. The summed E-state index contributed by atoms with van der Waals surface area (Å²) in [6.07, 6.45) is 0.270. The number of carbonyl (C=O) groups is 2. The highest BCUT2D eigenvalue weighted by Crippen LogP contribution is 2.17. The van der Waals surface area contributed by atoms with E-state index in [1.807, 2.05) is 71.0 Å². The summed E-state index contributed by atoms with van der Waals surface area (Å²) in [5, 5.41) is 2.99. The van der Waals surface area contributed by atoms with Gasteiger partial charge in [-0.25, -0.2) is 0 Å². The minimum atomic E-state index is -0.573. The molecule has 1 unspecified atom stereocenters. The van der Waals surface area contributed by atoms with Crippen molar-refractivity contribution >= 4 is 27.7 Å². The maximum atomic E-state index is 13.3. The molecule has 2 rings (SSSR count). The molecule has 0 saturated carbocycles. The number of amides is 2. The van der Waals surface area contributed by atoms with Gasteiger partial charge in [0.15, 0.2) is 0 Å². The van der Waals surface area contributed by atoms with Crippen molar-refractivity contribution < 1.29 is 9.59 Å². The van der Waals surface area contributed by atoms with Gasteiger partial charge < -0.3 is 10.2 Å². The smallest absolute Gasteiger partial charge is 0.242 e. The first-order valence-corrected chi connectivity index (χ1v) is 10.7. The summed E-state index contributed by atoms with van der Waals surface area (Å²) in [4.78, 5) is 27.7. The molecule has 29 heavy (non-hydrogen) atoms. The van der Waals surface area contributed by atoms with E-state index in [9.17, 15) is 9.59 Å². The van der Waals surface area contributed by atoms with Crippen LogP contribution in [0.5, 0.6) is 0 Å². The van der Waals surface area contributed by atoms with E-state index in [2.05, 4.69) is 27.3 Å². The summed E-state index contributed by atoms with van der Waals surface area (Å²) < 4.78 is 0.980. The van der Waals surface area contributed by atoms with Crippen molar-refractivity contribution in [2.24, 2.45) is 0 Å². The minimum Gasteiger partial charge on any atom is -0.350 e. The molecule has 0 radical (unpaired) electrons. The number of nitrogens with one attached hydrogen (secondary N) is 1. The highest BCUT2D eigenvalue weighted by Gasteiger charge is 2.28. The van der Waals surface area contributed by atoms with Gasteiger partial charge in [0.25, 0.3) is 0 Å². The van der Waals surface area contributed by atoms with Crippen LogP contribution in [-0.2, 0) is 22.6 Å². The number of halogens is 1. The van der Waals surface area contributed by atoms with Gasteiger partial charge >= 0.3 is 0 Å². The predicted molar refractivity (Wildman–Crippen MR) is 122 cm³/mol. The highest BCUT2D eigenvalue weighted by molar-refractivity contribution is 9.10. The first kappa shape index (κ1) is 23.1. The number of aryl methyl sites for hydroxylation is 2. The molecule has 4 nitrogen and oxygen atoms in total. The summed E-state index contributed by atoms with van der Waals surface area (Å²) in [6, 6.07) is 13.4. The fraction of sp³-hybridized carbons (Fsp3) is 0.417. The molecule has 0 fully saturated rings. The zero-order valence-corrected chi connectivity index (χ0v) is 19.8. The van der Waals surface area contributed by atoms with Crippen LogP contribution in [0.15, 0.2) is 46.9 Å². The lowest BCUT2D eigenvalue weighted by Gasteiger charge is -2.31. The van der Waals surface area contributed by atoms with Crippen LogP contribution < -0.4 is 5.32 Å². The van der Waals surface area contributed by atoms with Crippen molar-refractivity contribution in [2.45, 2.75) is 66.1 Å². The molecule has 0 aliphatic heterocycles. The van der Waals surface area contributed by atoms with Gasteiger partial charge in [-0.2, -0.15) is 0 Å². The van der Waals surface area contributed by atoms with Crippen LogP contribution in [0.4, 0.5) is 0 Å². The molecule has 1 atom stereocenters. The van der Waals surface area contributed by atoms with Gasteiger partial charge in [0.05, 0.1) is 6.42 Å². The quantitative estimate of drug-likeness (QED) is 0.665. The molecular formula is C24H31BrN2O2. The molecule has 0 aliphatic rings. The summed E-state index contributed by atoms with van der Waals surface area (Å²) in [7, 11) is 0. The van der Waals surface area contributed by atoms with Crippen molar-refractivity contribution in [3.05, 3.63) is 69.2 Å². The molecule has 0 aromatic heterocycles. The lowest BCUT2D eigenvalue weighted by atomic mass is 10.0. The third-order valence-corrected chi connectivity index (χ3v) is 5.10. The van der Waals surface area contributed by atoms with Crippen LogP contribution in [0.25, 0.3) is 0 Å². The van der Waals surface area contributed by atoms with Gasteiger partial charge in [0.2, 0.25) is 11.8 Å². The Bertz CT molecular complexity index is 849. The normalized spacial score (nSPS) is 12.4. The molecular weight excluding hydrogens is 428 g/mol. The van der Waals surface area contributed by atoms with Crippen LogP contribution in [0.3, 0.4) is 0 Å². The van der Waals surface area contributed by atoms with Crippen molar-refractivity contribution in [3.63, 3.8) is 0 Å². The Morgan fingerprint density at radius 1 is 1.00 bits per heavy atom. The molecule has 0 saturated heterocycles. The first-order chi connectivity index (χ1) is 13.4. The van der Waals surface area contributed by atoms with Crippen molar-refractivity contribution in [2.75, 3.05) is 0 Å². The van der Waals surface area contributed by atoms with E-state index >= 15 is 0 Å². The van der Waals surface area contributed by atoms with Crippen LogP contribution >= 0.6 is 15.9 Å².